The molecule has 21 heavy (non-hydrogen) atoms. The highest BCUT2D eigenvalue weighted by atomic mass is 16.5. The van der Waals surface area contributed by atoms with Gasteiger partial charge in [-0.05, 0) is 37.8 Å². The van der Waals surface area contributed by atoms with Gasteiger partial charge in [0.1, 0.15) is 5.82 Å². The highest BCUT2D eigenvalue weighted by Crippen LogP contribution is 2.19. The number of ether oxygens (including phenoxy) is 1. The topological polar surface area (TPSA) is 67.3 Å². The Hall–Kier alpha value is -1.69. The number of hydrogen-bond donors (Lipinski definition) is 1. The molecule has 1 atom stereocenters. The van der Waals surface area contributed by atoms with Gasteiger partial charge >= 0.3 is 0 Å². The zero-order valence-electron chi connectivity index (χ0n) is 12.2. The molecular weight excluding hydrogens is 268 g/mol. The summed E-state index contributed by atoms with van der Waals surface area (Å²) in [6.45, 7) is 2.43. The molecule has 1 aromatic heterocycles. The lowest BCUT2D eigenvalue weighted by Gasteiger charge is -2.33. The number of carbonyl (C=O) groups is 1. The van der Waals surface area contributed by atoms with Crippen LogP contribution in [-0.2, 0) is 9.53 Å². The summed E-state index contributed by atoms with van der Waals surface area (Å²) in [5.74, 6) is 1.04. The second-order valence-corrected chi connectivity index (χ2v) is 5.75. The molecule has 0 radical (unpaired) electrons. The summed E-state index contributed by atoms with van der Waals surface area (Å²) < 4.78 is 5.54. The minimum absolute atomic E-state index is 0.146. The monoisotopic (exact) mass is 290 g/mol. The van der Waals surface area contributed by atoms with Gasteiger partial charge < -0.3 is 15.0 Å². The number of hydrogen-bond acceptors (Lipinski definition) is 5. The molecule has 6 heteroatoms. The highest BCUT2D eigenvalue weighted by Gasteiger charge is 2.26. The van der Waals surface area contributed by atoms with Crippen LogP contribution in [0.3, 0.4) is 0 Å². The molecule has 2 fully saturated rings. The van der Waals surface area contributed by atoms with Crippen LogP contribution in [0.15, 0.2) is 18.3 Å². The van der Waals surface area contributed by atoms with E-state index in [2.05, 4.69) is 15.5 Å². The van der Waals surface area contributed by atoms with Gasteiger partial charge in [-0.1, -0.05) is 0 Å². The van der Waals surface area contributed by atoms with Gasteiger partial charge in [0, 0.05) is 31.9 Å². The Kier molecular flexibility index (Phi) is 4.65. The predicted molar refractivity (Wildman–Crippen MR) is 78.8 cm³/mol. The van der Waals surface area contributed by atoms with Crippen LogP contribution >= 0.6 is 0 Å². The number of anilines is 1. The molecule has 3 heterocycles. The zero-order chi connectivity index (χ0) is 14.5. The Balaban J connectivity index is 1.43. The van der Waals surface area contributed by atoms with Crippen molar-refractivity contribution in [3.63, 3.8) is 0 Å². The van der Waals surface area contributed by atoms with Gasteiger partial charge in [0.25, 0.3) is 0 Å². The van der Waals surface area contributed by atoms with Crippen LogP contribution in [0, 0.1) is 0 Å². The van der Waals surface area contributed by atoms with Crippen molar-refractivity contribution in [3.05, 3.63) is 18.3 Å². The fourth-order valence-electron chi connectivity index (χ4n) is 2.99. The van der Waals surface area contributed by atoms with Crippen molar-refractivity contribution in [2.75, 3.05) is 25.0 Å². The maximum absolute atomic E-state index is 12.2. The van der Waals surface area contributed by atoms with Crippen molar-refractivity contribution in [1.82, 2.24) is 15.1 Å². The number of carbonyl (C=O) groups excluding carboxylic acids is 1. The van der Waals surface area contributed by atoms with Gasteiger partial charge in [-0.25, -0.2) is 0 Å². The Morgan fingerprint density at radius 3 is 2.90 bits per heavy atom. The molecule has 2 aliphatic heterocycles. The number of nitrogens with one attached hydrogen (secondary N) is 1. The summed E-state index contributed by atoms with van der Waals surface area (Å²) >= 11 is 0. The summed E-state index contributed by atoms with van der Waals surface area (Å²) in [6, 6.07) is 4.16. The number of piperidine rings is 1. The number of amides is 1. The normalized spacial score (nSPS) is 23.2. The van der Waals surface area contributed by atoms with E-state index in [4.69, 9.17) is 4.74 Å². The first kappa shape index (κ1) is 14.3. The number of likely N-dealkylation sites (tertiary alicyclic amines) is 1. The predicted octanol–water partition coefficient (Wildman–Crippen LogP) is 1.45. The maximum Gasteiger partial charge on any atom is 0.225 e. The quantitative estimate of drug-likeness (QED) is 0.909. The third-order valence-electron chi connectivity index (χ3n) is 4.20. The third-order valence-corrected chi connectivity index (χ3v) is 4.20. The summed E-state index contributed by atoms with van der Waals surface area (Å²) in [5, 5.41) is 11.3. The average Bonchev–Trinajstić information content (AvgIpc) is 3.02. The lowest BCUT2D eigenvalue weighted by molar-refractivity contribution is -0.134. The second kappa shape index (κ2) is 6.85. The molecule has 0 bridgehead atoms. The fraction of sp³-hybridized carbons (Fsp3) is 0.667. The van der Waals surface area contributed by atoms with E-state index in [1.54, 1.807) is 6.20 Å². The molecule has 1 amide bonds. The van der Waals surface area contributed by atoms with E-state index in [0.29, 0.717) is 12.5 Å². The van der Waals surface area contributed by atoms with E-state index >= 15 is 0 Å². The third kappa shape index (κ3) is 3.91. The van der Waals surface area contributed by atoms with Crippen molar-refractivity contribution in [1.29, 1.82) is 0 Å². The van der Waals surface area contributed by atoms with E-state index in [9.17, 15) is 4.79 Å². The Bertz CT molecular complexity index is 454. The highest BCUT2D eigenvalue weighted by molar-refractivity contribution is 5.76. The van der Waals surface area contributed by atoms with Gasteiger partial charge in [-0.3, -0.25) is 4.79 Å². The standard InChI is InChI=1S/C15H22N4O2/c20-15(11-13-3-2-10-21-13)19-8-5-12(6-9-19)17-14-4-1-7-16-18-14/h1,4,7,12-13H,2-3,5-6,8-11H2,(H,17,18)/t13-/m1/s1. The van der Waals surface area contributed by atoms with Crippen molar-refractivity contribution < 1.29 is 9.53 Å². The maximum atomic E-state index is 12.2. The molecule has 2 aliphatic rings. The van der Waals surface area contributed by atoms with E-state index in [1.807, 2.05) is 17.0 Å². The van der Waals surface area contributed by atoms with E-state index in [0.717, 1.165) is 51.2 Å². The molecule has 6 nitrogen and oxygen atoms in total. The molecule has 1 aromatic rings. The van der Waals surface area contributed by atoms with Crippen LogP contribution in [0.2, 0.25) is 0 Å². The van der Waals surface area contributed by atoms with Crippen LogP contribution in [0.5, 0.6) is 0 Å². The second-order valence-electron chi connectivity index (χ2n) is 5.75. The first-order valence-electron chi connectivity index (χ1n) is 7.75. The van der Waals surface area contributed by atoms with Gasteiger partial charge in [-0.15, -0.1) is 5.10 Å². The molecule has 0 aliphatic carbocycles. The molecule has 1 N–H and O–H groups in total. The van der Waals surface area contributed by atoms with Gasteiger partial charge in [0.15, 0.2) is 0 Å². The molecule has 0 aromatic carbocycles. The number of nitrogens with zero attached hydrogens (tertiary/aromatic N) is 3. The largest absolute Gasteiger partial charge is 0.378 e. The molecule has 114 valence electrons. The van der Waals surface area contributed by atoms with Crippen LogP contribution in [-0.4, -0.2) is 52.8 Å². The first-order valence-corrected chi connectivity index (χ1v) is 7.75. The molecule has 2 saturated heterocycles. The lowest BCUT2D eigenvalue weighted by Crippen LogP contribution is -2.43. The number of rotatable bonds is 4. The average molecular weight is 290 g/mol. The minimum atomic E-state index is 0.146. The summed E-state index contributed by atoms with van der Waals surface area (Å²) in [5.41, 5.74) is 0. The SMILES string of the molecule is O=C(C[C@H]1CCCO1)N1CCC(Nc2cccnn2)CC1. The minimum Gasteiger partial charge on any atom is -0.378 e. The summed E-state index contributed by atoms with van der Waals surface area (Å²) in [6.07, 6.45) is 6.37. The Morgan fingerprint density at radius 2 is 2.24 bits per heavy atom. The van der Waals surface area contributed by atoms with Crippen molar-refractivity contribution >= 4 is 11.7 Å². The van der Waals surface area contributed by atoms with Crippen LogP contribution in [0.4, 0.5) is 5.82 Å². The first-order chi connectivity index (χ1) is 10.3. The van der Waals surface area contributed by atoms with E-state index < -0.39 is 0 Å². The van der Waals surface area contributed by atoms with Gasteiger partial charge in [-0.2, -0.15) is 5.10 Å². The zero-order valence-corrected chi connectivity index (χ0v) is 12.2. The lowest BCUT2D eigenvalue weighted by atomic mass is 10.0. The van der Waals surface area contributed by atoms with E-state index in [-0.39, 0.29) is 12.0 Å². The van der Waals surface area contributed by atoms with Gasteiger partial charge in [0.2, 0.25) is 5.91 Å². The van der Waals surface area contributed by atoms with Crippen molar-refractivity contribution in [3.8, 4) is 0 Å². The van der Waals surface area contributed by atoms with Crippen LogP contribution < -0.4 is 5.32 Å². The smallest absolute Gasteiger partial charge is 0.225 e. The van der Waals surface area contributed by atoms with Crippen molar-refractivity contribution in [2.24, 2.45) is 0 Å². The summed E-state index contributed by atoms with van der Waals surface area (Å²) in [7, 11) is 0. The fourth-order valence-corrected chi connectivity index (χ4v) is 2.99. The molecule has 0 saturated carbocycles. The van der Waals surface area contributed by atoms with Gasteiger partial charge in [0.05, 0.1) is 12.5 Å². The molecule has 3 rings (SSSR count). The molecule has 0 unspecified atom stereocenters. The molecule has 0 spiro atoms. The Labute approximate surface area is 124 Å². The van der Waals surface area contributed by atoms with Crippen LogP contribution in [0.1, 0.15) is 32.1 Å². The summed E-state index contributed by atoms with van der Waals surface area (Å²) in [4.78, 5) is 14.2. The van der Waals surface area contributed by atoms with Crippen LogP contribution in [0.25, 0.3) is 0 Å². The Morgan fingerprint density at radius 1 is 1.38 bits per heavy atom. The molecular formula is C15H22N4O2. The van der Waals surface area contributed by atoms with Crippen molar-refractivity contribution in [2.45, 2.75) is 44.2 Å². The number of aromatic nitrogens is 2. The van der Waals surface area contributed by atoms with E-state index in [1.165, 1.54) is 0 Å².